The third-order valence-electron chi connectivity index (χ3n) is 7.40. The van der Waals surface area contributed by atoms with E-state index >= 15 is 0 Å². The standard InChI is InChI=1S/C31H36ClN3O4S/c1-22-13-16-25(17-14-22)20-34(24(3)31(37)33-26-9-7-8-10-26)30(36)21-35(27-18-15-23(2)29(32)19-27)40(38,39)28-11-5-4-6-12-28/h4-6,11-19,24,26H,7-10,20-21H2,1-3H3,(H,33,37)/t24-/m1/s1. The molecule has 4 rings (SSSR count). The van der Waals surface area contributed by atoms with Crippen LogP contribution >= 0.6 is 11.6 Å². The van der Waals surface area contributed by atoms with E-state index in [1.165, 1.54) is 17.0 Å². The van der Waals surface area contributed by atoms with Crippen molar-refractivity contribution in [2.75, 3.05) is 10.8 Å². The lowest BCUT2D eigenvalue weighted by Gasteiger charge is -2.32. The van der Waals surface area contributed by atoms with Gasteiger partial charge in [0, 0.05) is 17.6 Å². The molecule has 7 nitrogen and oxygen atoms in total. The van der Waals surface area contributed by atoms with Gasteiger partial charge in [-0.2, -0.15) is 0 Å². The molecule has 1 N–H and O–H groups in total. The number of hydrogen-bond acceptors (Lipinski definition) is 4. The number of anilines is 1. The highest BCUT2D eigenvalue weighted by atomic mass is 35.5. The van der Waals surface area contributed by atoms with Gasteiger partial charge in [-0.05, 0) is 69.0 Å². The van der Waals surface area contributed by atoms with Gasteiger partial charge in [0.1, 0.15) is 12.6 Å². The summed E-state index contributed by atoms with van der Waals surface area (Å²) in [5.41, 5.74) is 2.97. The highest BCUT2D eigenvalue weighted by Crippen LogP contribution is 2.28. The molecule has 1 aliphatic rings. The highest BCUT2D eigenvalue weighted by Gasteiger charge is 2.33. The van der Waals surface area contributed by atoms with Gasteiger partial charge in [-0.25, -0.2) is 8.42 Å². The Kier molecular flexibility index (Phi) is 9.53. The minimum absolute atomic E-state index is 0.0524. The Hall–Kier alpha value is -3.36. The minimum atomic E-state index is -4.13. The summed E-state index contributed by atoms with van der Waals surface area (Å²) in [4.78, 5) is 28.8. The number of benzene rings is 3. The van der Waals surface area contributed by atoms with Crippen LogP contribution < -0.4 is 9.62 Å². The van der Waals surface area contributed by atoms with E-state index in [1.54, 1.807) is 43.3 Å². The van der Waals surface area contributed by atoms with Gasteiger partial charge in [-0.1, -0.05) is 78.5 Å². The largest absolute Gasteiger partial charge is 0.352 e. The Morgan fingerprint density at radius 1 is 0.975 bits per heavy atom. The van der Waals surface area contributed by atoms with Crippen molar-refractivity contribution in [1.29, 1.82) is 0 Å². The van der Waals surface area contributed by atoms with Gasteiger partial charge in [-0.3, -0.25) is 13.9 Å². The summed E-state index contributed by atoms with van der Waals surface area (Å²) >= 11 is 6.38. The predicted molar refractivity (Wildman–Crippen MR) is 159 cm³/mol. The summed E-state index contributed by atoms with van der Waals surface area (Å²) in [5.74, 6) is -0.742. The number of amides is 2. The monoisotopic (exact) mass is 581 g/mol. The molecule has 0 heterocycles. The lowest BCUT2D eigenvalue weighted by atomic mass is 10.1. The van der Waals surface area contributed by atoms with Crippen molar-refractivity contribution in [2.45, 2.75) is 70.0 Å². The van der Waals surface area contributed by atoms with E-state index in [0.717, 1.165) is 46.7 Å². The number of aryl methyl sites for hydroxylation is 2. The van der Waals surface area contributed by atoms with Crippen LogP contribution in [0.25, 0.3) is 0 Å². The fourth-order valence-corrected chi connectivity index (χ4v) is 6.45. The fourth-order valence-electron chi connectivity index (χ4n) is 4.85. The van der Waals surface area contributed by atoms with Crippen LogP contribution in [0.5, 0.6) is 0 Å². The number of rotatable bonds is 10. The molecule has 0 bridgehead atoms. The molecule has 0 spiro atoms. The third kappa shape index (κ3) is 7.04. The lowest BCUT2D eigenvalue weighted by Crippen LogP contribution is -2.52. The number of hydrogen-bond donors (Lipinski definition) is 1. The molecule has 1 fully saturated rings. The van der Waals surface area contributed by atoms with Crippen LogP contribution in [0.2, 0.25) is 5.02 Å². The summed E-state index contributed by atoms with van der Waals surface area (Å²) in [7, 11) is -4.13. The zero-order chi connectivity index (χ0) is 28.9. The van der Waals surface area contributed by atoms with E-state index in [0.29, 0.717) is 5.02 Å². The van der Waals surface area contributed by atoms with E-state index in [4.69, 9.17) is 11.6 Å². The molecule has 0 aliphatic heterocycles. The number of carbonyl (C=O) groups excluding carboxylic acids is 2. The Labute approximate surface area is 242 Å². The number of nitrogens with zero attached hydrogens (tertiary/aromatic N) is 2. The smallest absolute Gasteiger partial charge is 0.264 e. The van der Waals surface area contributed by atoms with E-state index in [-0.39, 0.29) is 29.1 Å². The first-order valence-electron chi connectivity index (χ1n) is 13.6. The van der Waals surface area contributed by atoms with E-state index in [2.05, 4.69) is 5.32 Å². The SMILES string of the molecule is Cc1ccc(CN(C(=O)CN(c2ccc(C)c(Cl)c2)S(=O)(=O)c2ccccc2)[C@H](C)C(=O)NC2CCCC2)cc1. The molecule has 0 saturated heterocycles. The zero-order valence-corrected chi connectivity index (χ0v) is 24.7. The maximum Gasteiger partial charge on any atom is 0.264 e. The Morgan fingerprint density at radius 2 is 1.62 bits per heavy atom. The summed E-state index contributed by atoms with van der Waals surface area (Å²) < 4.78 is 28.8. The highest BCUT2D eigenvalue weighted by molar-refractivity contribution is 7.92. The van der Waals surface area contributed by atoms with Crippen LogP contribution in [0, 0.1) is 13.8 Å². The first-order valence-corrected chi connectivity index (χ1v) is 15.4. The average Bonchev–Trinajstić information content (AvgIpc) is 3.46. The minimum Gasteiger partial charge on any atom is -0.352 e. The van der Waals surface area contributed by atoms with Gasteiger partial charge < -0.3 is 10.2 Å². The van der Waals surface area contributed by atoms with Crippen molar-refractivity contribution in [3.05, 3.63) is 94.5 Å². The topological polar surface area (TPSA) is 86.8 Å². The molecule has 212 valence electrons. The first-order chi connectivity index (χ1) is 19.1. The van der Waals surface area contributed by atoms with Gasteiger partial charge in [0.25, 0.3) is 10.0 Å². The maximum absolute atomic E-state index is 14.0. The lowest BCUT2D eigenvalue weighted by molar-refractivity contribution is -0.139. The third-order valence-corrected chi connectivity index (χ3v) is 9.59. The number of nitrogens with one attached hydrogen (secondary N) is 1. The Bertz CT molecular complexity index is 1440. The summed E-state index contributed by atoms with van der Waals surface area (Å²) in [6.07, 6.45) is 3.97. The van der Waals surface area contributed by atoms with Crippen molar-refractivity contribution in [2.24, 2.45) is 0 Å². The van der Waals surface area contributed by atoms with Crippen molar-refractivity contribution in [1.82, 2.24) is 10.2 Å². The molecule has 3 aromatic rings. The quantitative estimate of drug-likeness (QED) is 0.336. The van der Waals surface area contributed by atoms with E-state index in [9.17, 15) is 18.0 Å². The van der Waals surface area contributed by atoms with Gasteiger partial charge in [0.2, 0.25) is 11.8 Å². The van der Waals surface area contributed by atoms with Crippen molar-refractivity contribution < 1.29 is 18.0 Å². The fraction of sp³-hybridized carbons (Fsp3) is 0.355. The zero-order valence-electron chi connectivity index (χ0n) is 23.1. The van der Waals surface area contributed by atoms with Crippen LogP contribution in [-0.2, 0) is 26.2 Å². The van der Waals surface area contributed by atoms with Crippen LogP contribution in [0.3, 0.4) is 0 Å². The van der Waals surface area contributed by atoms with Gasteiger partial charge in [-0.15, -0.1) is 0 Å². The molecule has 1 atom stereocenters. The molecule has 3 aromatic carbocycles. The molecule has 40 heavy (non-hydrogen) atoms. The number of sulfonamides is 1. The maximum atomic E-state index is 14.0. The molecule has 0 unspecified atom stereocenters. The second-order valence-electron chi connectivity index (χ2n) is 10.4. The summed E-state index contributed by atoms with van der Waals surface area (Å²) in [5, 5.41) is 3.47. The van der Waals surface area contributed by atoms with Crippen molar-refractivity contribution in [3.8, 4) is 0 Å². The number of halogens is 1. The molecule has 1 aliphatic carbocycles. The first kappa shape index (κ1) is 29.6. The Morgan fingerprint density at radius 3 is 2.25 bits per heavy atom. The van der Waals surface area contributed by atoms with E-state index in [1.807, 2.05) is 38.1 Å². The molecule has 0 aromatic heterocycles. The summed E-state index contributed by atoms with van der Waals surface area (Å²) in [6.45, 7) is 5.15. The van der Waals surface area contributed by atoms with Crippen LogP contribution in [0.1, 0.15) is 49.3 Å². The van der Waals surface area contributed by atoms with Gasteiger partial charge in [0.15, 0.2) is 0 Å². The van der Waals surface area contributed by atoms with Crippen LogP contribution in [0.4, 0.5) is 5.69 Å². The average molecular weight is 582 g/mol. The molecule has 0 radical (unpaired) electrons. The second-order valence-corrected chi connectivity index (χ2v) is 12.7. The molecule has 2 amide bonds. The predicted octanol–water partition coefficient (Wildman–Crippen LogP) is 5.63. The van der Waals surface area contributed by atoms with Gasteiger partial charge >= 0.3 is 0 Å². The van der Waals surface area contributed by atoms with Crippen molar-refractivity contribution in [3.63, 3.8) is 0 Å². The van der Waals surface area contributed by atoms with Crippen LogP contribution in [0.15, 0.2) is 77.7 Å². The van der Waals surface area contributed by atoms with Crippen molar-refractivity contribution >= 4 is 39.1 Å². The Balaban J connectivity index is 1.69. The van der Waals surface area contributed by atoms with Crippen LogP contribution in [-0.4, -0.2) is 43.8 Å². The molecule has 1 saturated carbocycles. The molecular formula is C31H36ClN3O4S. The molecular weight excluding hydrogens is 546 g/mol. The second kappa shape index (κ2) is 12.9. The van der Waals surface area contributed by atoms with E-state index < -0.39 is 28.5 Å². The summed E-state index contributed by atoms with van der Waals surface area (Å²) in [6, 6.07) is 19.9. The number of carbonyl (C=O) groups is 2. The molecule has 9 heteroatoms. The van der Waals surface area contributed by atoms with Gasteiger partial charge in [0.05, 0.1) is 10.6 Å². The normalized spacial score (nSPS) is 14.5.